The highest BCUT2D eigenvalue weighted by atomic mass is 16.6. The Bertz CT molecular complexity index is 497. The Morgan fingerprint density at radius 2 is 2.11 bits per heavy atom. The van der Waals surface area contributed by atoms with Gasteiger partial charge in [0.2, 0.25) is 5.75 Å². The Labute approximate surface area is 101 Å². The Morgan fingerprint density at radius 1 is 1.44 bits per heavy atom. The maximum Gasteiger partial charge on any atom is 0.338 e. The number of nitro groups is 1. The molecule has 1 aromatic carbocycles. The summed E-state index contributed by atoms with van der Waals surface area (Å²) in [5, 5.41) is 19.2. The third-order valence-corrected chi connectivity index (χ3v) is 1.93. The van der Waals surface area contributed by atoms with Gasteiger partial charge >= 0.3 is 17.6 Å². The number of methoxy groups -OCH3 is 1. The van der Waals surface area contributed by atoms with Crippen LogP contribution in [0, 0.1) is 10.1 Å². The number of nitro benzene ring substituents is 1. The Morgan fingerprint density at radius 3 is 2.61 bits per heavy atom. The molecule has 0 aliphatic carbocycles. The summed E-state index contributed by atoms with van der Waals surface area (Å²) in [6.45, 7) is -0.907. The second-order valence-corrected chi connectivity index (χ2v) is 3.06. The second kappa shape index (κ2) is 5.73. The minimum atomic E-state index is -1.04. The number of carbonyl (C=O) groups excluding carboxylic acids is 2. The van der Waals surface area contributed by atoms with E-state index in [1.54, 1.807) is 0 Å². The predicted molar refractivity (Wildman–Crippen MR) is 57.2 cm³/mol. The first-order valence-electron chi connectivity index (χ1n) is 4.68. The first-order valence-corrected chi connectivity index (χ1v) is 4.68. The van der Waals surface area contributed by atoms with Crippen molar-refractivity contribution in [2.45, 2.75) is 0 Å². The van der Waals surface area contributed by atoms with Crippen molar-refractivity contribution in [3.05, 3.63) is 33.9 Å². The zero-order chi connectivity index (χ0) is 13.7. The van der Waals surface area contributed by atoms with E-state index in [0.29, 0.717) is 0 Å². The molecule has 0 amide bonds. The van der Waals surface area contributed by atoms with Gasteiger partial charge in [-0.1, -0.05) is 0 Å². The number of hydrogen-bond acceptors (Lipinski definition) is 7. The highest BCUT2D eigenvalue weighted by Crippen LogP contribution is 2.28. The van der Waals surface area contributed by atoms with Gasteiger partial charge in [0.05, 0.1) is 17.6 Å². The summed E-state index contributed by atoms with van der Waals surface area (Å²) < 4.78 is 8.95. The van der Waals surface area contributed by atoms with Crippen LogP contribution >= 0.6 is 0 Å². The fraction of sp³-hybridized carbons (Fsp3) is 0.200. The molecule has 1 rings (SSSR count). The van der Waals surface area contributed by atoms with E-state index in [2.05, 4.69) is 9.47 Å². The van der Waals surface area contributed by atoms with Crippen LogP contribution in [0.2, 0.25) is 0 Å². The van der Waals surface area contributed by atoms with Crippen molar-refractivity contribution in [2.75, 3.05) is 13.7 Å². The van der Waals surface area contributed by atoms with E-state index in [1.807, 2.05) is 0 Å². The van der Waals surface area contributed by atoms with E-state index in [4.69, 9.17) is 5.11 Å². The molecule has 0 aromatic heterocycles. The molecule has 1 aromatic rings. The molecule has 0 radical (unpaired) electrons. The van der Waals surface area contributed by atoms with E-state index < -0.39 is 29.2 Å². The molecule has 0 bridgehead atoms. The van der Waals surface area contributed by atoms with Crippen molar-refractivity contribution < 1.29 is 29.1 Å². The number of hydrogen-bond donors (Lipinski definition) is 1. The van der Waals surface area contributed by atoms with Gasteiger partial charge in [0, 0.05) is 6.07 Å². The van der Waals surface area contributed by atoms with E-state index in [0.717, 1.165) is 19.2 Å². The smallest absolute Gasteiger partial charge is 0.338 e. The largest absolute Gasteiger partial charge is 0.465 e. The third kappa shape index (κ3) is 3.01. The van der Waals surface area contributed by atoms with E-state index in [9.17, 15) is 19.7 Å². The van der Waals surface area contributed by atoms with Crippen molar-refractivity contribution in [1.29, 1.82) is 0 Å². The maximum atomic E-state index is 11.2. The molecule has 8 heteroatoms. The van der Waals surface area contributed by atoms with Crippen molar-refractivity contribution in [2.24, 2.45) is 0 Å². The molecule has 0 unspecified atom stereocenters. The zero-order valence-electron chi connectivity index (χ0n) is 9.28. The van der Waals surface area contributed by atoms with Crippen LogP contribution in [0.15, 0.2) is 18.2 Å². The molecule has 0 aliphatic rings. The first-order chi connectivity index (χ1) is 8.49. The number of rotatable bonds is 4. The minimum absolute atomic E-state index is 0.0482. The standard InChI is InChI=1S/C10H9NO7/c1-17-10(14)6-2-3-8(18-9(13)5-12)7(4-6)11(15)16/h2-4,12H,5H2,1H3. The molecule has 0 saturated heterocycles. The number of aliphatic hydroxyl groups is 1. The van der Waals surface area contributed by atoms with Crippen molar-refractivity contribution >= 4 is 17.6 Å². The number of nitrogens with zero attached hydrogens (tertiary/aromatic N) is 1. The molecule has 0 fully saturated rings. The van der Waals surface area contributed by atoms with E-state index >= 15 is 0 Å². The second-order valence-electron chi connectivity index (χ2n) is 3.06. The third-order valence-electron chi connectivity index (χ3n) is 1.93. The first kappa shape index (κ1) is 13.6. The van der Waals surface area contributed by atoms with Gasteiger partial charge in [-0.3, -0.25) is 10.1 Å². The van der Waals surface area contributed by atoms with Crippen LogP contribution in [0.25, 0.3) is 0 Å². The monoisotopic (exact) mass is 255 g/mol. The van der Waals surface area contributed by atoms with Crippen LogP contribution in [0.4, 0.5) is 5.69 Å². The minimum Gasteiger partial charge on any atom is -0.465 e. The summed E-state index contributed by atoms with van der Waals surface area (Å²) in [4.78, 5) is 32.0. The van der Waals surface area contributed by atoms with Gasteiger partial charge < -0.3 is 14.6 Å². The summed E-state index contributed by atoms with van der Waals surface area (Å²) in [5.74, 6) is -2.14. The molecule has 0 saturated carbocycles. The summed E-state index contributed by atoms with van der Waals surface area (Å²) in [6.07, 6.45) is 0. The Balaban J connectivity index is 3.16. The van der Waals surface area contributed by atoms with Gasteiger partial charge in [-0.05, 0) is 12.1 Å². The molecular weight excluding hydrogens is 246 g/mol. The summed E-state index contributed by atoms with van der Waals surface area (Å²) in [7, 11) is 1.13. The molecule has 1 N–H and O–H groups in total. The van der Waals surface area contributed by atoms with Gasteiger partial charge in [-0.2, -0.15) is 0 Å². The van der Waals surface area contributed by atoms with E-state index in [1.165, 1.54) is 6.07 Å². The summed E-state index contributed by atoms with van der Waals surface area (Å²) >= 11 is 0. The quantitative estimate of drug-likeness (QED) is 0.355. The average molecular weight is 255 g/mol. The van der Waals surface area contributed by atoms with Crippen LogP contribution in [-0.2, 0) is 9.53 Å². The average Bonchev–Trinajstić information content (AvgIpc) is 2.37. The molecule has 18 heavy (non-hydrogen) atoms. The SMILES string of the molecule is COC(=O)c1ccc(OC(=O)CO)c([N+](=O)[O-])c1. The molecule has 8 nitrogen and oxygen atoms in total. The molecule has 0 atom stereocenters. The summed E-state index contributed by atoms with van der Waals surface area (Å²) in [6, 6.07) is 3.21. The number of aliphatic hydroxyl groups excluding tert-OH is 1. The topological polar surface area (TPSA) is 116 Å². The number of carbonyl (C=O) groups is 2. The highest BCUT2D eigenvalue weighted by Gasteiger charge is 2.20. The van der Waals surface area contributed by atoms with Crippen molar-refractivity contribution in [1.82, 2.24) is 0 Å². The predicted octanol–water partition coefficient (Wildman–Crippen LogP) is 0.279. The normalized spacial score (nSPS) is 9.67. The lowest BCUT2D eigenvalue weighted by molar-refractivity contribution is -0.385. The molecule has 0 aliphatic heterocycles. The van der Waals surface area contributed by atoms with Crippen molar-refractivity contribution in [3.8, 4) is 5.75 Å². The number of ether oxygens (including phenoxy) is 2. The lowest BCUT2D eigenvalue weighted by Gasteiger charge is -2.05. The van der Waals surface area contributed by atoms with Crippen LogP contribution < -0.4 is 4.74 Å². The molecular formula is C10H9NO7. The van der Waals surface area contributed by atoms with E-state index in [-0.39, 0.29) is 11.3 Å². The van der Waals surface area contributed by atoms with Gasteiger partial charge in [-0.25, -0.2) is 9.59 Å². The van der Waals surface area contributed by atoms with Crippen molar-refractivity contribution in [3.63, 3.8) is 0 Å². The number of esters is 2. The number of benzene rings is 1. The maximum absolute atomic E-state index is 11.2. The highest BCUT2D eigenvalue weighted by molar-refractivity contribution is 5.90. The van der Waals surface area contributed by atoms with Crippen LogP contribution in [0.5, 0.6) is 5.75 Å². The van der Waals surface area contributed by atoms with Gasteiger partial charge in [0.25, 0.3) is 0 Å². The molecule has 96 valence electrons. The van der Waals surface area contributed by atoms with Crippen LogP contribution in [0.1, 0.15) is 10.4 Å². The Kier molecular flexibility index (Phi) is 4.33. The fourth-order valence-electron chi connectivity index (χ4n) is 1.15. The summed E-state index contributed by atoms with van der Waals surface area (Å²) in [5.41, 5.74) is -0.618. The van der Waals surface area contributed by atoms with Crippen LogP contribution in [-0.4, -0.2) is 35.7 Å². The molecule has 0 spiro atoms. The Hall–Kier alpha value is -2.48. The van der Waals surface area contributed by atoms with Crippen LogP contribution in [0.3, 0.4) is 0 Å². The fourth-order valence-corrected chi connectivity index (χ4v) is 1.15. The lowest BCUT2D eigenvalue weighted by atomic mass is 10.2. The van der Waals surface area contributed by atoms with Gasteiger partial charge in [0.1, 0.15) is 6.61 Å². The molecule has 0 heterocycles. The lowest BCUT2D eigenvalue weighted by Crippen LogP contribution is -2.13. The zero-order valence-corrected chi connectivity index (χ0v) is 9.28. The van der Waals surface area contributed by atoms with Gasteiger partial charge in [0.15, 0.2) is 0 Å². The van der Waals surface area contributed by atoms with Gasteiger partial charge in [-0.15, -0.1) is 0 Å².